The summed E-state index contributed by atoms with van der Waals surface area (Å²) in [6.07, 6.45) is -2.96. The van der Waals surface area contributed by atoms with Crippen molar-refractivity contribution in [3.63, 3.8) is 0 Å². The zero-order valence-corrected chi connectivity index (χ0v) is 23.5. The third-order valence-corrected chi connectivity index (χ3v) is 7.60. The summed E-state index contributed by atoms with van der Waals surface area (Å²) >= 11 is 1.13. The van der Waals surface area contributed by atoms with Crippen molar-refractivity contribution >= 4 is 29.1 Å². The number of benzene rings is 2. The largest absolute Gasteiger partial charge is 0.463 e. The molecule has 11 heteroatoms. The molecule has 1 atom stereocenters. The van der Waals surface area contributed by atoms with Gasteiger partial charge in [-0.05, 0) is 55.8 Å². The van der Waals surface area contributed by atoms with Crippen molar-refractivity contribution in [2.24, 2.45) is 4.99 Å². The summed E-state index contributed by atoms with van der Waals surface area (Å²) in [6.45, 7) is 3.58. The van der Waals surface area contributed by atoms with E-state index in [2.05, 4.69) is 4.99 Å². The molecular formula is C30H26F3N3O4S. The lowest BCUT2D eigenvalue weighted by Gasteiger charge is -2.25. The number of furan rings is 1. The molecule has 0 bridgehead atoms. The Morgan fingerprint density at radius 1 is 1.15 bits per heavy atom. The molecule has 1 aliphatic rings. The number of anilines is 1. The number of hydrogen-bond donors (Lipinski definition) is 0. The molecule has 2 aromatic heterocycles. The van der Waals surface area contributed by atoms with Gasteiger partial charge in [-0.2, -0.15) is 13.2 Å². The number of nitrogens with zero attached hydrogens (tertiary/aromatic N) is 3. The van der Waals surface area contributed by atoms with Crippen LogP contribution < -0.4 is 19.8 Å². The van der Waals surface area contributed by atoms with Gasteiger partial charge in [0.25, 0.3) is 5.56 Å². The smallest absolute Gasteiger partial charge is 0.416 e. The van der Waals surface area contributed by atoms with Gasteiger partial charge in [-0.1, -0.05) is 35.6 Å². The Balaban J connectivity index is 1.60. The number of rotatable bonds is 6. The molecule has 4 aromatic rings. The van der Waals surface area contributed by atoms with Crippen molar-refractivity contribution in [2.45, 2.75) is 26.1 Å². The molecule has 0 N–H and O–H groups in total. The van der Waals surface area contributed by atoms with E-state index in [1.807, 2.05) is 43.3 Å². The van der Waals surface area contributed by atoms with Gasteiger partial charge in [0.2, 0.25) is 0 Å². The number of fused-ring (bicyclic) bond motifs is 1. The van der Waals surface area contributed by atoms with Crippen LogP contribution >= 0.6 is 11.3 Å². The zero-order chi connectivity index (χ0) is 29.5. The molecule has 0 spiro atoms. The van der Waals surface area contributed by atoms with Crippen LogP contribution in [0, 0.1) is 0 Å². The molecular weight excluding hydrogens is 555 g/mol. The summed E-state index contributed by atoms with van der Waals surface area (Å²) in [5.74, 6) is -0.0354. The van der Waals surface area contributed by atoms with Gasteiger partial charge in [-0.25, -0.2) is 9.79 Å². The molecule has 0 aliphatic carbocycles. The Morgan fingerprint density at radius 2 is 1.88 bits per heavy atom. The van der Waals surface area contributed by atoms with Gasteiger partial charge in [-0.3, -0.25) is 9.36 Å². The fourth-order valence-corrected chi connectivity index (χ4v) is 5.65. The van der Waals surface area contributed by atoms with E-state index in [1.165, 1.54) is 22.8 Å². The molecule has 41 heavy (non-hydrogen) atoms. The minimum atomic E-state index is -4.48. The lowest BCUT2D eigenvalue weighted by molar-refractivity contribution is -0.139. The highest BCUT2D eigenvalue weighted by Crippen LogP contribution is 2.33. The summed E-state index contributed by atoms with van der Waals surface area (Å²) in [4.78, 5) is 33.7. The Morgan fingerprint density at radius 3 is 2.54 bits per heavy atom. The van der Waals surface area contributed by atoms with Crippen LogP contribution in [0.1, 0.15) is 36.8 Å². The van der Waals surface area contributed by atoms with Crippen LogP contribution in [0.5, 0.6) is 0 Å². The second-order valence-electron chi connectivity index (χ2n) is 9.57. The monoisotopic (exact) mass is 581 g/mol. The van der Waals surface area contributed by atoms with Crippen LogP contribution in [0.25, 0.3) is 17.4 Å². The van der Waals surface area contributed by atoms with Crippen molar-refractivity contribution in [1.29, 1.82) is 0 Å². The van der Waals surface area contributed by atoms with Gasteiger partial charge in [0.15, 0.2) is 4.80 Å². The molecule has 0 radical (unpaired) electrons. The maximum Gasteiger partial charge on any atom is 0.416 e. The Kier molecular flexibility index (Phi) is 7.48. The Hall–Kier alpha value is -4.38. The molecule has 212 valence electrons. The highest BCUT2D eigenvalue weighted by Gasteiger charge is 2.33. The highest BCUT2D eigenvalue weighted by atomic mass is 32.1. The van der Waals surface area contributed by atoms with E-state index in [9.17, 15) is 22.8 Å². The fraction of sp³-hybridized carbons (Fsp3) is 0.233. The van der Waals surface area contributed by atoms with Gasteiger partial charge in [0, 0.05) is 31.4 Å². The van der Waals surface area contributed by atoms with Gasteiger partial charge < -0.3 is 14.1 Å². The van der Waals surface area contributed by atoms with Crippen molar-refractivity contribution < 1.29 is 27.1 Å². The molecule has 0 saturated carbocycles. The SMILES string of the molecule is CCOC(=O)C1=C(C)N=c2sc(=Cc3ccc(-c4cccc(C(F)(F)F)c4)o3)c(=O)n2C1c1ccc(N(C)C)cc1. The van der Waals surface area contributed by atoms with Gasteiger partial charge in [0.05, 0.1) is 34.0 Å². The molecule has 0 amide bonds. The number of aromatic nitrogens is 1. The number of allylic oxidation sites excluding steroid dienone is 1. The lowest BCUT2D eigenvalue weighted by atomic mass is 9.95. The molecule has 0 fully saturated rings. The van der Waals surface area contributed by atoms with Crippen LogP contribution in [0.15, 0.2) is 86.1 Å². The number of halogens is 3. The van der Waals surface area contributed by atoms with Crippen molar-refractivity contribution in [3.05, 3.63) is 109 Å². The molecule has 1 unspecified atom stereocenters. The Labute approximate surface area is 237 Å². The van der Waals surface area contributed by atoms with E-state index in [1.54, 1.807) is 26.0 Å². The zero-order valence-electron chi connectivity index (χ0n) is 22.7. The second kappa shape index (κ2) is 10.9. The molecule has 0 saturated heterocycles. The third kappa shape index (κ3) is 5.49. The highest BCUT2D eigenvalue weighted by molar-refractivity contribution is 7.07. The predicted octanol–water partition coefficient (Wildman–Crippen LogP) is 5.14. The van der Waals surface area contributed by atoms with Crippen LogP contribution in [0.4, 0.5) is 18.9 Å². The molecule has 7 nitrogen and oxygen atoms in total. The first-order valence-electron chi connectivity index (χ1n) is 12.7. The summed E-state index contributed by atoms with van der Waals surface area (Å²) in [5.41, 5.74) is 1.47. The van der Waals surface area contributed by atoms with E-state index in [-0.39, 0.29) is 34.8 Å². The van der Waals surface area contributed by atoms with Crippen LogP contribution in [-0.4, -0.2) is 31.2 Å². The van der Waals surface area contributed by atoms with E-state index in [4.69, 9.17) is 9.15 Å². The average molecular weight is 582 g/mol. The number of carbonyl (C=O) groups is 1. The van der Waals surface area contributed by atoms with Crippen LogP contribution in [0.3, 0.4) is 0 Å². The second-order valence-corrected chi connectivity index (χ2v) is 10.6. The first kappa shape index (κ1) is 28.2. The van der Waals surface area contributed by atoms with Crippen LogP contribution in [0.2, 0.25) is 0 Å². The predicted molar refractivity (Wildman–Crippen MR) is 150 cm³/mol. The number of alkyl halides is 3. The third-order valence-electron chi connectivity index (χ3n) is 6.62. The van der Waals surface area contributed by atoms with Crippen LogP contribution in [-0.2, 0) is 15.7 Å². The van der Waals surface area contributed by atoms with E-state index >= 15 is 0 Å². The molecule has 3 heterocycles. The summed E-state index contributed by atoms with van der Waals surface area (Å²) in [6, 6.07) is 14.7. The minimum Gasteiger partial charge on any atom is -0.463 e. The normalized spacial score (nSPS) is 15.5. The van der Waals surface area contributed by atoms with E-state index in [0.717, 1.165) is 29.2 Å². The first-order chi connectivity index (χ1) is 19.5. The summed E-state index contributed by atoms with van der Waals surface area (Å²) < 4.78 is 52.4. The number of thiazole rings is 1. The van der Waals surface area contributed by atoms with Gasteiger partial charge in [-0.15, -0.1) is 0 Å². The first-order valence-corrected chi connectivity index (χ1v) is 13.5. The fourth-order valence-electron chi connectivity index (χ4n) is 4.63. The van der Waals surface area contributed by atoms with Gasteiger partial charge >= 0.3 is 12.1 Å². The number of hydrogen-bond acceptors (Lipinski definition) is 7. The molecule has 5 rings (SSSR count). The van der Waals surface area contributed by atoms with Crippen molar-refractivity contribution in [1.82, 2.24) is 4.57 Å². The quantitative estimate of drug-likeness (QED) is 0.295. The van der Waals surface area contributed by atoms with Crippen molar-refractivity contribution in [2.75, 3.05) is 25.6 Å². The summed E-state index contributed by atoms with van der Waals surface area (Å²) in [5, 5.41) is 0. The lowest BCUT2D eigenvalue weighted by Crippen LogP contribution is -2.39. The maximum atomic E-state index is 13.8. The van der Waals surface area contributed by atoms with E-state index in [0.29, 0.717) is 20.6 Å². The van der Waals surface area contributed by atoms with Gasteiger partial charge in [0.1, 0.15) is 11.5 Å². The molecule has 1 aliphatic heterocycles. The molecule has 2 aromatic carbocycles. The Bertz CT molecular complexity index is 1830. The standard InChI is InChI=1S/C30H26F3N3O4S/c1-5-39-28(38)25-17(2)34-29-36(26(25)18-9-11-21(12-10-18)35(3)4)27(37)24(41-29)16-22-13-14-23(40-22)19-7-6-8-20(15-19)30(31,32)33/h6-16,26H,5H2,1-4H3. The number of esters is 1. The average Bonchev–Trinajstić information content (AvgIpc) is 3.52. The maximum absolute atomic E-state index is 13.8. The summed E-state index contributed by atoms with van der Waals surface area (Å²) in [7, 11) is 3.83. The van der Waals surface area contributed by atoms with E-state index < -0.39 is 23.8 Å². The topological polar surface area (TPSA) is 77.0 Å². The number of ether oxygens (including phenoxy) is 1. The van der Waals surface area contributed by atoms with Crippen molar-refractivity contribution in [3.8, 4) is 11.3 Å². The minimum absolute atomic E-state index is 0.166. The number of carbonyl (C=O) groups excluding carboxylic acids is 1.